The van der Waals surface area contributed by atoms with E-state index < -0.39 is 9.85 Å². The lowest BCUT2D eigenvalue weighted by Crippen LogP contribution is -1.98. The normalized spacial score (nSPS) is 10.1. The third-order valence-corrected chi connectivity index (χ3v) is 3.16. The van der Waals surface area contributed by atoms with E-state index in [9.17, 15) is 20.2 Å². The molecule has 0 aromatic heterocycles. The number of nitro groups is 2. The molecule has 0 radical (unpaired) electrons. The molecule has 0 spiro atoms. The summed E-state index contributed by atoms with van der Waals surface area (Å²) in [6.45, 7) is 0. The van der Waals surface area contributed by atoms with Gasteiger partial charge in [0.1, 0.15) is 5.69 Å². The molecule has 0 saturated carbocycles. The van der Waals surface area contributed by atoms with Crippen LogP contribution >= 0.6 is 22.6 Å². The van der Waals surface area contributed by atoms with E-state index in [-0.39, 0.29) is 17.1 Å². The highest BCUT2D eigenvalue weighted by molar-refractivity contribution is 14.1. The maximum atomic E-state index is 11.0. The van der Waals surface area contributed by atoms with E-state index in [1.54, 1.807) is 12.1 Å². The van der Waals surface area contributed by atoms with Gasteiger partial charge in [-0.05, 0) is 46.9 Å². The number of non-ortho nitro benzene ring substituents is 1. The minimum absolute atomic E-state index is 0.211. The lowest BCUT2D eigenvalue weighted by atomic mass is 10.2. The molecular weight excluding hydrogens is 377 g/mol. The van der Waals surface area contributed by atoms with E-state index in [0.29, 0.717) is 5.69 Å². The number of hydrogen-bond acceptors (Lipinski definition) is 5. The molecule has 0 atom stereocenters. The van der Waals surface area contributed by atoms with Crippen LogP contribution in [0.4, 0.5) is 22.7 Å². The largest absolute Gasteiger partial charge is 0.350 e. The van der Waals surface area contributed by atoms with Gasteiger partial charge in [0.15, 0.2) is 0 Å². The summed E-state index contributed by atoms with van der Waals surface area (Å²) in [5.41, 5.74) is 0.236. The second-order valence-electron chi connectivity index (χ2n) is 3.85. The molecule has 2 aromatic rings. The Bertz CT molecular complexity index is 690. The minimum atomic E-state index is -0.664. The Hall–Kier alpha value is -2.23. The Morgan fingerprint density at radius 3 is 2.35 bits per heavy atom. The van der Waals surface area contributed by atoms with Crippen LogP contribution < -0.4 is 5.32 Å². The van der Waals surface area contributed by atoms with Gasteiger partial charge in [-0.25, -0.2) is 0 Å². The Labute approximate surface area is 127 Å². The molecule has 0 aliphatic rings. The van der Waals surface area contributed by atoms with Crippen molar-refractivity contribution in [3.05, 3.63) is 66.3 Å². The molecule has 0 aliphatic heterocycles. The van der Waals surface area contributed by atoms with Crippen molar-refractivity contribution in [3.8, 4) is 0 Å². The first-order valence-electron chi connectivity index (χ1n) is 5.43. The van der Waals surface area contributed by atoms with Crippen molar-refractivity contribution in [1.82, 2.24) is 0 Å². The minimum Gasteiger partial charge on any atom is -0.350 e. The van der Waals surface area contributed by atoms with Gasteiger partial charge in [-0.3, -0.25) is 20.2 Å². The molecule has 0 fully saturated rings. The number of nitro benzene ring substituents is 2. The molecule has 102 valence electrons. The van der Waals surface area contributed by atoms with Crippen molar-refractivity contribution < 1.29 is 9.85 Å². The van der Waals surface area contributed by atoms with Gasteiger partial charge in [0.25, 0.3) is 11.4 Å². The second kappa shape index (κ2) is 5.82. The van der Waals surface area contributed by atoms with Crippen molar-refractivity contribution in [3.63, 3.8) is 0 Å². The lowest BCUT2D eigenvalue weighted by Gasteiger charge is -2.07. The predicted molar refractivity (Wildman–Crippen MR) is 82.2 cm³/mol. The molecule has 0 aliphatic carbocycles. The molecule has 0 saturated heterocycles. The zero-order chi connectivity index (χ0) is 14.7. The van der Waals surface area contributed by atoms with Gasteiger partial charge >= 0.3 is 0 Å². The van der Waals surface area contributed by atoms with Gasteiger partial charge in [-0.15, -0.1) is 0 Å². The fraction of sp³-hybridized carbons (Fsp3) is 0. The van der Waals surface area contributed by atoms with E-state index in [1.165, 1.54) is 12.1 Å². The van der Waals surface area contributed by atoms with E-state index in [4.69, 9.17) is 0 Å². The van der Waals surface area contributed by atoms with Crippen LogP contribution in [0.2, 0.25) is 0 Å². The molecule has 0 bridgehead atoms. The number of hydrogen-bond donors (Lipinski definition) is 1. The summed E-state index contributed by atoms with van der Waals surface area (Å²) < 4.78 is 0.970. The van der Waals surface area contributed by atoms with Gasteiger partial charge in [0.2, 0.25) is 0 Å². The van der Waals surface area contributed by atoms with Crippen LogP contribution in [0, 0.1) is 23.8 Å². The fourth-order valence-corrected chi connectivity index (χ4v) is 2.16. The third kappa shape index (κ3) is 3.20. The summed E-state index contributed by atoms with van der Waals surface area (Å²) in [5.74, 6) is 0. The van der Waals surface area contributed by atoms with Crippen molar-refractivity contribution in [1.29, 1.82) is 0 Å². The Kier molecular flexibility index (Phi) is 4.13. The average Bonchev–Trinajstić information content (AvgIpc) is 2.38. The van der Waals surface area contributed by atoms with Gasteiger partial charge < -0.3 is 5.32 Å². The number of nitrogens with zero attached hydrogens (tertiary/aromatic N) is 2. The standard InChI is InChI=1S/C12H8IN3O4/c13-8-2-1-3-9(6-8)14-11-5-4-10(15(17)18)7-12(11)16(19)20/h1-7,14H. The molecule has 0 unspecified atom stereocenters. The summed E-state index contributed by atoms with van der Waals surface area (Å²) >= 11 is 2.12. The highest BCUT2D eigenvalue weighted by atomic mass is 127. The Balaban J connectivity index is 2.41. The van der Waals surface area contributed by atoms with Crippen LogP contribution in [0.3, 0.4) is 0 Å². The SMILES string of the molecule is O=[N+]([O-])c1ccc(Nc2cccc(I)c2)c([N+](=O)[O-])c1. The molecule has 2 aromatic carbocycles. The van der Waals surface area contributed by atoms with Gasteiger partial charge in [-0.2, -0.15) is 0 Å². The molecule has 1 N–H and O–H groups in total. The topological polar surface area (TPSA) is 98.3 Å². The first-order valence-corrected chi connectivity index (χ1v) is 6.50. The molecule has 0 heterocycles. The molecule has 20 heavy (non-hydrogen) atoms. The maximum Gasteiger partial charge on any atom is 0.299 e. The Morgan fingerprint density at radius 1 is 1.00 bits per heavy atom. The number of halogens is 1. The zero-order valence-corrected chi connectivity index (χ0v) is 12.1. The van der Waals surface area contributed by atoms with Crippen LogP contribution in [0.25, 0.3) is 0 Å². The number of benzene rings is 2. The third-order valence-electron chi connectivity index (χ3n) is 2.49. The summed E-state index contributed by atoms with van der Waals surface area (Å²) in [4.78, 5) is 20.3. The van der Waals surface area contributed by atoms with Crippen molar-refractivity contribution in [2.24, 2.45) is 0 Å². The molecule has 7 nitrogen and oxygen atoms in total. The summed E-state index contributed by atoms with van der Waals surface area (Å²) in [7, 11) is 0. The van der Waals surface area contributed by atoms with Crippen LogP contribution in [-0.4, -0.2) is 9.85 Å². The van der Waals surface area contributed by atoms with Crippen molar-refractivity contribution in [2.75, 3.05) is 5.32 Å². The number of anilines is 2. The molecule has 2 rings (SSSR count). The molecule has 8 heteroatoms. The van der Waals surface area contributed by atoms with Gasteiger partial charge in [0.05, 0.1) is 15.9 Å². The van der Waals surface area contributed by atoms with Crippen LogP contribution in [-0.2, 0) is 0 Å². The smallest absolute Gasteiger partial charge is 0.299 e. The van der Waals surface area contributed by atoms with E-state index in [0.717, 1.165) is 9.64 Å². The van der Waals surface area contributed by atoms with Gasteiger partial charge in [-0.1, -0.05) is 6.07 Å². The monoisotopic (exact) mass is 385 g/mol. The number of rotatable bonds is 4. The summed E-state index contributed by atoms with van der Waals surface area (Å²) in [5, 5.41) is 24.5. The highest BCUT2D eigenvalue weighted by Crippen LogP contribution is 2.31. The molecular formula is C12H8IN3O4. The quantitative estimate of drug-likeness (QED) is 0.490. The Morgan fingerprint density at radius 2 is 1.75 bits per heavy atom. The first kappa shape index (κ1) is 14.2. The van der Waals surface area contributed by atoms with Crippen molar-refractivity contribution >= 4 is 45.3 Å². The van der Waals surface area contributed by atoms with E-state index >= 15 is 0 Å². The number of nitrogens with one attached hydrogen (secondary N) is 1. The summed E-state index contributed by atoms with van der Waals surface area (Å²) in [6.07, 6.45) is 0. The first-order chi connectivity index (χ1) is 9.47. The van der Waals surface area contributed by atoms with Crippen LogP contribution in [0.5, 0.6) is 0 Å². The average molecular weight is 385 g/mol. The van der Waals surface area contributed by atoms with Crippen molar-refractivity contribution in [2.45, 2.75) is 0 Å². The van der Waals surface area contributed by atoms with Crippen LogP contribution in [0.15, 0.2) is 42.5 Å². The highest BCUT2D eigenvalue weighted by Gasteiger charge is 2.19. The second-order valence-corrected chi connectivity index (χ2v) is 5.10. The molecule has 0 amide bonds. The summed E-state index contributed by atoms with van der Waals surface area (Å²) in [6, 6.07) is 10.8. The fourth-order valence-electron chi connectivity index (χ4n) is 1.61. The zero-order valence-electron chi connectivity index (χ0n) is 9.95. The van der Waals surface area contributed by atoms with E-state index in [2.05, 4.69) is 27.9 Å². The maximum absolute atomic E-state index is 11.0. The van der Waals surface area contributed by atoms with E-state index in [1.807, 2.05) is 12.1 Å². The van der Waals surface area contributed by atoms with Gasteiger partial charge in [0, 0.05) is 15.3 Å². The predicted octanol–water partition coefficient (Wildman–Crippen LogP) is 3.85. The van der Waals surface area contributed by atoms with Crippen LogP contribution in [0.1, 0.15) is 0 Å². The lowest BCUT2D eigenvalue weighted by molar-refractivity contribution is -0.393.